The second-order valence-corrected chi connectivity index (χ2v) is 4.71. The number of hydrogen-bond donors (Lipinski definition) is 2. The monoisotopic (exact) mass is 275 g/mol. The lowest BCUT2D eigenvalue weighted by Crippen LogP contribution is -2.03. The molecule has 0 aliphatic rings. The molecule has 3 nitrogen and oxygen atoms in total. The predicted molar refractivity (Wildman–Crippen MR) is 76.8 cm³/mol. The Kier molecular flexibility index (Phi) is 3.76. The molecule has 4 heteroatoms. The zero-order valence-electron chi connectivity index (χ0n) is 10.5. The first kappa shape index (κ1) is 13.4. The Morgan fingerprint density at radius 1 is 1.26 bits per heavy atom. The number of aryl methyl sites for hydroxylation is 1. The Balaban J connectivity index is 2.43. The molecule has 0 radical (unpaired) electrons. The van der Waals surface area contributed by atoms with E-state index in [1.807, 2.05) is 19.1 Å². The molecule has 2 aromatic carbocycles. The summed E-state index contributed by atoms with van der Waals surface area (Å²) in [6.07, 6.45) is 0.907. The molecule has 0 unspecified atom stereocenters. The van der Waals surface area contributed by atoms with E-state index in [2.05, 4.69) is 0 Å². The lowest BCUT2D eigenvalue weighted by atomic mass is 10.00. The minimum absolute atomic E-state index is 0.0982. The van der Waals surface area contributed by atoms with Crippen molar-refractivity contribution in [2.24, 2.45) is 0 Å². The highest BCUT2D eigenvalue weighted by Crippen LogP contribution is 2.30. The van der Waals surface area contributed by atoms with Crippen LogP contribution in [0.15, 0.2) is 36.4 Å². The topological polar surface area (TPSA) is 63.3 Å². The van der Waals surface area contributed by atoms with Gasteiger partial charge in [-0.2, -0.15) is 0 Å². The van der Waals surface area contributed by atoms with Crippen LogP contribution in [0.2, 0.25) is 5.02 Å². The highest BCUT2D eigenvalue weighted by atomic mass is 35.5. The Morgan fingerprint density at radius 2 is 1.89 bits per heavy atom. The summed E-state index contributed by atoms with van der Waals surface area (Å²) in [6.45, 7) is 2.04. The number of rotatable bonds is 3. The molecule has 0 fully saturated rings. The van der Waals surface area contributed by atoms with Crippen molar-refractivity contribution in [2.45, 2.75) is 13.3 Å². The van der Waals surface area contributed by atoms with E-state index >= 15 is 0 Å². The third-order valence-electron chi connectivity index (χ3n) is 2.97. The van der Waals surface area contributed by atoms with Crippen LogP contribution in [0, 0.1) is 0 Å². The van der Waals surface area contributed by atoms with E-state index in [0.717, 1.165) is 12.0 Å². The van der Waals surface area contributed by atoms with E-state index in [1.54, 1.807) is 12.1 Å². The van der Waals surface area contributed by atoms with E-state index in [1.165, 1.54) is 12.1 Å². The molecule has 2 aromatic rings. The number of aromatic hydroxyl groups is 1. The fourth-order valence-electron chi connectivity index (χ4n) is 1.84. The van der Waals surface area contributed by atoms with Gasteiger partial charge >= 0.3 is 0 Å². The zero-order valence-corrected chi connectivity index (χ0v) is 11.2. The number of anilines is 1. The van der Waals surface area contributed by atoms with Crippen LogP contribution in [0.1, 0.15) is 28.4 Å². The summed E-state index contributed by atoms with van der Waals surface area (Å²) in [5, 5.41) is 10.2. The van der Waals surface area contributed by atoms with Crippen molar-refractivity contribution in [3.8, 4) is 5.75 Å². The molecule has 0 saturated heterocycles. The third kappa shape index (κ3) is 2.71. The lowest BCUT2D eigenvalue weighted by molar-refractivity contribution is 0.103. The third-order valence-corrected chi connectivity index (χ3v) is 3.19. The summed E-state index contributed by atoms with van der Waals surface area (Å²) in [4.78, 5) is 12.3. The van der Waals surface area contributed by atoms with Gasteiger partial charge in [-0.15, -0.1) is 0 Å². The molecule has 0 bridgehead atoms. The van der Waals surface area contributed by atoms with Gasteiger partial charge < -0.3 is 10.8 Å². The molecule has 0 spiro atoms. The average molecular weight is 276 g/mol. The van der Waals surface area contributed by atoms with Gasteiger partial charge in [-0.1, -0.05) is 42.8 Å². The molecule has 0 heterocycles. The zero-order chi connectivity index (χ0) is 14.0. The molecule has 0 aliphatic heterocycles. The van der Waals surface area contributed by atoms with Crippen molar-refractivity contribution in [1.82, 2.24) is 0 Å². The van der Waals surface area contributed by atoms with Gasteiger partial charge in [0.1, 0.15) is 5.75 Å². The van der Waals surface area contributed by atoms with Gasteiger partial charge in [0.25, 0.3) is 0 Å². The maximum Gasteiger partial charge on any atom is 0.196 e. The van der Waals surface area contributed by atoms with Crippen LogP contribution in [0.3, 0.4) is 0 Å². The van der Waals surface area contributed by atoms with E-state index < -0.39 is 0 Å². The average Bonchev–Trinajstić information content (AvgIpc) is 2.42. The second-order valence-electron chi connectivity index (χ2n) is 4.27. The van der Waals surface area contributed by atoms with Crippen molar-refractivity contribution in [3.05, 3.63) is 58.1 Å². The van der Waals surface area contributed by atoms with Crippen LogP contribution in [0.5, 0.6) is 5.75 Å². The molecule has 3 N–H and O–H groups in total. The van der Waals surface area contributed by atoms with Gasteiger partial charge in [0.05, 0.1) is 11.3 Å². The quantitative estimate of drug-likeness (QED) is 0.512. The van der Waals surface area contributed by atoms with Crippen molar-refractivity contribution >= 4 is 23.1 Å². The minimum Gasteiger partial charge on any atom is -0.505 e. The molecular formula is C15H14ClNO2. The standard InChI is InChI=1S/C15H14ClNO2/c1-2-9-3-5-10(6-4-9)14(18)12-7-11(16)8-13(17)15(12)19/h3-8,19H,2,17H2,1H3. The normalized spacial score (nSPS) is 10.4. The van der Waals surface area contributed by atoms with Gasteiger partial charge in [-0.3, -0.25) is 4.79 Å². The van der Waals surface area contributed by atoms with Gasteiger partial charge in [-0.05, 0) is 24.1 Å². The largest absolute Gasteiger partial charge is 0.505 e. The van der Waals surface area contributed by atoms with Crippen molar-refractivity contribution in [1.29, 1.82) is 0 Å². The Hall–Kier alpha value is -2.00. The van der Waals surface area contributed by atoms with Gasteiger partial charge in [-0.25, -0.2) is 0 Å². The summed E-state index contributed by atoms with van der Waals surface area (Å²) in [5.74, 6) is -0.525. The van der Waals surface area contributed by atoms with Gasteiger partial charge in [0.2, 0.25) is 0 Å². The van der Waals surface area contributed by atoms with E-state index in [0.29, 0.717) is 10.6 Å². The van der Waals surface area contributed by atoms with Crippen LogP contribution >= 0.6 is 11.6 Å². The van der Waals surface area contributed by atoms with E-state index in [-0.39, 0.29) is 22.8 Å². The number of phenols is 1. The maximum absolute atomic E-state index is 12.3. The molecule has 0 saturated carbocycles. The van der Waals surface area contributed by atoms with E-state index in [4.69, 9.17) is 17.3 Å². The molecule has 2 rings (SSSR count). The minimum atomic E-state index is -0.297. The molecule has 98 valence electrons. The maximum atomic E-state index is 12.3. The number of nitrogen functional groups attached to an aromatic ring is 1. The SMILES string of the molecule is CCc1ccc(C(=O)c2cc(Cl)cc(N)c2O)cc1. The highest BCUT2D eigenvalue weighted by molar-refractivity contribution is 6.31. The highest BCUT2D eigenvalue weighted by Gasteiger charge is 2.16. The number of halogens is 1. The van der Waals surface area contributed by atoms with Crippen molar-refractivity contribution < 1.29 is 9.90 Å². The summed E-state index contributed by atoms with van der Waals surface area (Å²) >= 11 is 5.86. The fraction of sp³-hybridized carbons (Fsp3) is 0.133. The van der Waals surface area contributed by atoms with Crippen molar-refractivity contribution in [3.63, 3.8) is 0 Å². The smallest absolute Gasteiger partial charge is 0.196 e. The molecule has 0 aliphatic carbocycles. The van der Waals surface area contributed by atoms with Crippen molar-refractivity contribution in [2.75, 3.05) is 5.73 Å². The summed E-state index contributed by atoms with van der Waals surface area (Å²) in [7, 11) is 0. The first-order chi connectivity index (χ1) is 9.02. The number of carbonyl (C=O) groups excluding carboxylic acids is 1. The fourth-order valence-corrected chi connectivity index (χ4v) is 2.07. The summed E-state index contributed by atoms with van der Waals surface area (Å²) in [5.41, 5.74) is 7.45. The number of nitrogens with two attached hydrogens (primary N) is 1. The van der Waals surface area contributed by atoms with Crippen LogP contribution in [-0.4, -0.2) is 10.9 Å². The second kappa shape index (κ2) is 5.33. The number of hydrogen-bond acceptors (Lipinski definition) is 3. The van der Waals surface area contributed by atoms with Crippen LogP contribution in [0.4, 0.5) is 5.69 Å². The van der Waals surface area contributed by atoms with Gasteiger partial charge in [0, 0.05) is 10.6 Å². The lowest BCUT2D eigenvalue weighted by Gasteiger charge is -2.08. The molecular weight excluding hydrogens is 262 g/mol. The first-order valence-corrected chi connectivity index (χ1v) is 6.32. The van der Waals surface area contributed by atoms with Crippen LogP contribution < -0.4 is 5.73 Å². The Labute approximate surface area is 116 Å². The summed E-state index contributed by atoms with van der Waals surface area (Å²) < 4.78 is 0. The van der Waals surface area contributed by atoms with Crippen LogP contribution in [-0.2, 0) is 6.42 Å². The molecule has 19 heavy (non-hydrogen) atoms. The number of ketones is 1. The number of benzene rings is 2. The molecule has 0 amide bonds. The molecule has 0 atom stereocenters. The van der Waals surface area contributed by atoms with E-state index in [9.17, 15) is 9.90 Å². The molecule has 0 aromatic heterocycles. The van der Waals surface area contributed by atoms with Gasteiger partial charge in [0.15, 0.2) is 5.78 Å². The summed E-state index contributed by atoms with van der Waals surface area (Å²) in [6, 6.07) is 10.1. The first-order valence-electron chi connectivity index (χ1n) is 5.94. The number of carbonyl (C=O) groups is 1. The number of phenolic OH excluding ortho intramolecular Hbond substituents is 1. The Bertz CT molecular complexity index is 621. The Morgan fingerprint density at radius 3 is 2.47 bits per heavy atom. The van der Waals surface area contributed by atoms with Crippen LogP contribution in [0.25, 0.3) is 0 Å². The predicted octanol–water partition coefficient (Wildman–Crippen LogP) is 3.42.